The van der Waals surface area contributed by atoms with Crippen LogP contribution in [0.1, 0.15) is 51.5 Å². The minimum Gasteiger partial charge on any atom is -0.390 e. The van der Waals surface area contributed by atoms with Crippen molar-refractivity contribution in [2.45, 2.75) is 57.2 Å². The van der Waals surface area contributed by atoms with E-state index in [4.69, 9.17) is 0 Å². The van der Waals surface area contributed by atoms with Crippen LogP contribution in [0.25, 0.3) is 5.57 Å². The average Bonchev–Trinajstić information content (AvgIpc) is 2.39. The molecule has 0 amide bonds. The van der Waals surface area contributed by atoms with Crippen LogP contribution in [0.15, 0.2) is 35.9 Å². The van der Waals surface area contributed by atoms with E-state index in [1.807, 2.05) is 13.0 Å². The van der Waals surface area contributed by atoms with E-state index >= 15 is 0 Å². The fourth-order valence-corrected chi connectivity index (χ4v) is 4.05. The molecule has 0 aliphatic heterocycles. The van der Waals surface area contributed by atoms with Crippen LogP contribution >= 0.6 is 0 Å². The molecule has 3 rings (SSSR count). The van der Waals surface area contributed by atoms with Gasteiger partial charge in [0.2, 0.25) is 0 Å². The van der Waals surface area contributed by atoms with Crippen LogP contribution in [0, 0.1) is 5.92 Å². The average molecular weight is 272 g/mol. The van der Waals surface area contributed by atoms with E-state index in [2.05, 4.69) is 31.2 Å². The second-order valence-electron chi connectivity index (χ2n) is 6.90. The molecule has 1 saturated carbocycles. The molecule has 0 radical (unpaired) electrons. The summed E-state index contributed by atoms with van der Waals surface area (Å²) in [6, 6.07) is 10.4. The molecule has 1 aromatic carbocycles. The van der Waals surface area contributed by atoms with E-state index in [-0.39, 0.29) is 0 Å². The molecule has 1 aromatic rings. The van der Waals surface area contributed by atoms with Crippen LogP contribution in [0.3, 0.4) is 0 Å². The third-order valence-corrected chi connectivity index (χ3v) is 5.04. The molecule has 0 heterocycles. The van der Waals surface area contributed by atoms with Crippen molar-refractivity contribution in [1.82, 2.24) is 0 Å². The molecule has 2 aliphatic rings. The standard InChI is InChI=1S/C18H24O2/c1-13-8-11-18(20)12-17(2,19)10-9-15(18)16(13)14-6-4-3-5-7-14/h3-7,13,19-20H,8-12H2,1-2H3/t13?,17-,18-/m1/s1. The molecule has 0 bridgehead atoms. The molecule has 0 spiro atoms. The Morgan fingerprint density at radius 2 is 1.80 bits per heavy atom. The van der Waals surface area contributed by atoms with Crippen LogP contribution < -0.4 is 0 Å². The highest BCUT2D eigenvalue weighted by molar-refractivity contribution is 5.73. The quantitative estimate of drug-likeness (QED) is 0.821. The van der Waals surface area contributed by atoms with E-state index in [0.29, 0.717) is 12.3 Å². The minimum absolute atomic E-state index is 0.471. The molecule has 2 N–H and O–H groups in total. The molecule has 1 unspecified atom stereocenters. The zero-order chi connectivity index (χ0) is 14.4. The largest absolute Gasteiger partial charge is 0.390 e. The van der Waals surface area contributed by atoms with Crippen LogP contribution in [0.5, 0.6) is 0 Å². The maximum atomic E-state index is 11.1. The summed E-state index contributed by atoms with van der Waals surface area (Å²) in [5.74, 6) is 0.482. The van der Waals surface area contributed by atoms with Crippen LogP contribution in [0.4, 0.5) is 0 Å². The first kappa shape index (κ1) is 13.8. The Kier molecular flexibility index (Phi) is 3.26. The van der Waals surface area contributed by atoms with Gasteiger partial charge in [0.05, 0.1) is 11.2 Å². The number of rotatable bonds is 1. The van der Waals surface area contributed by atoms with Crippen molar-refractivity contribution >= 4 is 5.57 Å². The minimum atomic E-state index is -0.806. The third-order valence-electron chi connectivity index (χ3n) is 5.04. The first-order valence-corrected chi connectivity index (χ1v) is 7.65. The molecule has 2 heteroatoms. The summed E-state index contributed by atoms with van der Waals surface area (Å²) in [5, 5.41) is 21.4. The second kappa shape index (κ2) is 4.71. The summed E-state index contributed by atoms with van der Waals surface area (Å²) in [4.78, 5) is 0. The van der Waals surface area contributed by atoms with Gasteiger partial charge >= 0.3 is 0 Å². The fourth-order valence-electron chi connectivity index (χ4n) is 4.05. The van der Waals surface area contributed by atoms with Gasteiger partial charge in [-0.05, 0) is 55.2 Å². The molecule has 1 fully saturated rings. The van der Waals surface area contributed by atoms with Crippen LogP contribution in [-0.4, -0.2) is 21.4 Å². The molecule has 2 aliphatic carbocycles. The summed E-state index contributed by atoms with van der Waals surface area (Å²) in [7, 11) is 0. The Balaban J connectivity index is 2.10. The Morgan fingerprint density at radius 1 is 1.10 bits per heavy atom. The number of allylic oxidation sites excluding steroid dienone is 1. The first-order chi connectivity index (χ1) is 9.41. The number of benzene rings is 1. The number of fused-ring (bicyclic) bond motifs is 1. The molecular weight excluding hydrogens is 248 g/mol. The topological polar surface area (TPSA) is 40.5 Å². The lowest BCUT2D eigenvalue weighted by Gasteiger charge is -2.47. The maximum Gasteiger partial charge on any atom is 0.0890 e. The Hall–Kier alpha value is -1.12. The van der Waals surface area contributed by atoms with Crippen LogP contribution in [-0.2, 0) is 0 Å². The normalized spacial score (nSPS) is 37.7. The SMILES string of the molecule is CC1CC[C@@]2(O)C[C@](C)(O)CCC2=C1c1ccccc1. The van der Waals surface area contributed by atoms with E-state index in [9.17, 15) is 10.2 Å². The summed E-state index contributed by atoms with van der Waals surface area (Å²) in [5.41, 5.74) is 2.18. The number of hydrogen-bond donors (Lipinski definition) is 2. The van der Waals surface area contributed by atoms with Crippen molar-refractivity contribution in [2.75, 3.05) is 0 Å². The lowest BCUT2D eigenvalue weighted by atomic mass is 9.63. The van der Waals surface area contributed by atoms with E-state index in [1.165, 1.54) is 16.7 Å². The van der Waals surface area contributed by atoms with Crippen molar-refractivity contribution in [2.24, 2.45) is 5.92 Å². The Morgan fingerprint density at radius 3 is 2.50 bits per heavy atom. The highest BCUT2D eigenvalue weighted by atomic mass is 16.3. The molecule has 20 heavy (non-hydrogen) atoms. The Labute approximate surface area is 121 Å². The lowest BCUT2D eigenvalue weighted by molar-refractivity contribution is -0.0683. The second-order valence-corrected chi connectivity index (χ2v) is 6.90. The lowest BCUT2D eigenvalue weighted by Crippen LogP contribution is -2.48. The van der Waals surface area contributed by atoms with Gasteiger partial charge in [-0.2, -0.15) is 0 Å². The van der Waals surface area contributed by atoms with Crippen molar-refractivity contribution in [3.8, 4) is 0 Å². The number of hydrogen-bond acceptors (Lipinski definition) is 2. The van der Waals surface area contributed by atoms with E-state index in [1.54, 1.807) is 0 Å². The van der Waals surface area contributed by atoms with Gasteiger partial charge < -0.3 is 10.2 Å². The van der Waals surface area contributed by atoms with Gasteiger partial charge in [0.15, 0.2) is 0 Å². The molecule has 2 nitrogen and oxygen atoms in total. The zero-order valence-corrected chi connectivity index (χ0v) is 12.4. The zero-order valence-electron chi connectivity index (χ0n) is 12.4. The summed E-state index contributed by atoms with van der Waals surface area (Å²) < 4.78 is 0. The third kappa shape index (κ3) is 2.32. The van der Waals surface area contributed by atoms with Crippen molar-refractivity contribution in [3.05, 3.63) is 41.5 Å². The summed E-state index contributed by atoms with van der Waals surface area (Å²) in [6.45, 7) is 4.10. The molecule has 3 atom stereocenters. The first-order valence-electron chi connectivity index (χ1n) is 7.65. The maximum absolute atomic E-state index is 11.1. The smallest absolute Gasteiger partial charge is 0.0890 e. The van der Waals surface area contributed by atoms with Crippen molar-refractivity contribution in [3.63, 3.8) is 0 Å². The summed E-state index contributed by atoms with van der Waals surface area (Å²) in [6.07, 6.45) is 3.78. The highest BCUT2D eigenvalue weighted by Gasteiger charge is 2.47. The van der Waals surface area contributed by atoms with Gasteiger partial charge in [-0.15, -0.1) is 0 Å². The molecule has 0 saturated heterocycles. The number of aliphatic hydroxyl groups is 2. The van der Waals surface area contributed by atoms with Gasteiger partial charge in [-0.25, -0.2) is 0 Å². The molecule has 108 valence electrons. The fraction of sp³-hybridized carbons (Fsp3) is 0.556. The predicted octanol–water partition coefficient (Wildman–Crippen LogP) is 3.54. The van der Waals surface area contributed by atoms with Crippen LogP contribution in [0.2, 0.25) is 0 Å². The summed E-state index contributed by atoms with van der Waals surface area (Å²) >= 11 is 0. The highest BCUT2D eigenvalue weighted by Crippen LogP contribution is 2.50. The molecular formula is C18H24O2. The monoisotopic (exact) mass is 272 g/mol. The Bertz CT molecular complexity index is 530. The van der Waals surface area contributed by atoms with Crippen molar-refractivity contribution < 1.29 is 10.2 Å². The van der Waals surface area contributed by atoms with E-state index < -0.39 is 11.2 Å². The van der Waals surface area contributed by atoms with Gasteiger partial charge in [0.1, 0.15) is 0 Å². The predicted molar refractivity (Wildman–Crippen MR) is 81.2 cm³/mol. The van der Waals surface area contributed by atoms with E-state index in [0.717, 1.165) is 25.7 Å². The van der Waals surface area contributed by atoms with Gasteiger partial charge in [0.25, 0.3) is 0 Å². The van der Waals surface area contributed by atoms with Gasteiger partial charge in [-0.1, -0.05) is 37.3 Å². The molecule has 0 aromatic heterocycles. The van der Waals surface area contributed by atoms with Crippen molar-refractivity contribution in [1.29, 1.82) is 0 Å². The van der Waals surface area contributed by atoms with Gasteiger partial charge in [-0.3, -0.25) is 0 Å². The van der Waals surface area contributed by atoms with Gasteiger partial charge in [0, 0.05) is 6.42 Å².